The maximum absolute atomic E-state index is 13.1. The van der Waals surface area contributed by atoms with Crippen molar-refractivity contribution in [2.45, 2.75) is 6.42 Å². The van der Waals surface area contributed by atoms with Gasteiger partial charge in [-0.1, -0.05) is 59.9 Å². The van der Waals surface area contributed by atoms with Gasteiger partial charge in [0.2, 0.25) is 4.96 Å². The molecular weight excluding hydrogens is 401 g/mol. The van der Waals surface area contributed by atoms with Crippen LogP contribution in [0.5, 0.6) is 0 Å². The number of rotatable bonds is 3. The first kappa shape index (κ1) is 18.3. The molecule has 0 spiro atoms. The Morgan fingerprint density at radius 2 is 1.73 bits per heavy atom. The molecule has 0 radical (unpaired) electrons. The van der Waals surface area contributed by atoms with Crippen LogP contribution in [0.4, 0.5) is 4.39 Å². The van der Waals surface area contributed by atoms with Gasteiger partial charge in [0.15, 0.2) is 0 Å². The number of halogens is 1. The Labute approximate surface area is 173 Å². The minimum absolute atomic E-state index is 0.145. The number of nitrogens with zero attached hydrogens (tertiary/aromatic N) is 3. The molecule has 0 bridgehead atoms. The molecular formula is C23H14FN3O2S. The van der Waals surface area contributed by atoms with Gasteiger partial charge in [-0.25, -0.2) is 4.39 Å². The third-order valence-electron chi connectivity index (χ3n) is 4.81. The molecule has 7 heteroatoms. The fraction of sp³-hybridized carbons (Fsp3) is 0.0435. The lowest BCUT2D eigenvalue weighted by Crippen LogP contribution is -2.28. The van der Waals surface area contributed by atoms with Gasteiger partial charge < -0.3 is 0 Å². The average Bonchev–Trinajstić information content (AvgIpc) is 3.04. The first-order chi connectivity index (χ1) is 14.6. The molecule has 146 valence electrons. The van der Waals surface area contributed by atoms with E-state index in [4.69, 9.17) is 0 Å². The number of fused-ring (bicyclic) bond motifs is 2. The second kappa shape index (κ2) is 7.27. The second-order valence-corrected chi connectivity index (χ2v) is 7.89. The maximum Gasteiger partial charge on any atom is 0.296 e. The van der Waals surface area contributed by atoms with Crippen molar-refractivity contribution in [1.82, 2.24) is 14.6 Å². The van der Waals surface area contributed by atoms with E-state index in [1.807, 2.05) is 42.5 Å². The number of benzene rings is 3. The summed E-state index contributed by atoms with van der Waals surface area (Å²) in [6.07, 6.45) is 1.95. The highest BCUT2D eigenvalue weighted by atomic mass is 32.1. The van der Waals surface area contributed by atoms with Gasteiger partial charge in [0.05, 0.1) is 4.53 Å². The molecule has 0 amide bonds. The van der Waals surface area contributed by atoms with Crippen molar-refractivity contribution in [2.24, 2.45) is 0 Å². The molecule has 0 aliphatic carbocycles. The molecule has 0 saturated heterocycles. The third-order valence-corrected chi connectivity index (χ3v) is 5.77. The summed E-state index contributed by atoms with van der Waals surface area (Å²) in [4.78, 5) is 29.5. The maximum atomic E-state index is 13.1. The van der Waals surface area contributed by atoms with Crippen LogP contribution in [0, 0.1) is 5.82 Å². The summed E-state index contributed by atoms with van der Waals surface area (Å²) in [5.74, 6) is -0.356. The first-order valence-electron chi connectivity index (χ1n) is 9.24. The van der Waals surface area contributed by atoms with Crippen LogP contribution in [0.2, 0.25) is 0 Å². The number of thiazole rings is 1. The summed E-state index contributed by atoms with van der Waals surface area (Å²) in [7, 11) is 0. The average molecular weight is 415 g/mol. The highest BCUT2D eigenvalue weighted by Gasteiger charge is 2.12. The van der Waals surface area contributed by atoms with E-state index >= 15 is 0 Å². The van der Waals surface area contributed by atoms with E-state index in [0.29, 0.717) is 10.1 Å². The largest absolute Gasteiger partial charge is 0.296 e. The Hall–Kier alpha value is -3.71. The molecule has 0 atom stereocenters. The Kier molecular flexibility index (Phi) is 4.44. The molecule has 5 nitrogen and oxygen atoms in total. The number of aromatic nitrogens is 3. The molecule has 5 aromatic rings. The second-order valence-electron chi connectivity index (χ2n) is 6.88. The third kappa shape index (κ3) is 3.40. The number of hydrogen-bond donors (Lipinski definition) is 0. The van der Waals surface area contributed by atoms with Crippen molar-refractivity contribution in [3.63, 3.8) is 0 Å². The van der Waals surface area contributed by atoms with Crippen LogP contribution in [-0.4, -0.2) is 14.6 Å². The lowest BCUT2D eigenvalue weighted by Gasteiger charge is -2.00. The van der Waals surface area contributed by atoms with Crippen LogP contribution in [0.25, 0.3) is 21.8 Å². The van der Waals surface area contributed by atoms with Crippen LogP contribution >= 0.6 is 11.3 Å². The zero-order valence-electron chi connectivity index (χ0n) is 15.6. The van der Waals surface area contributed by atoms with Gasteiger partial charge in [-0.2, -0.15) is 14.6 Å². The molecule has 0 saturated carbocycles. The summed E-state index contributed by atoms with van der Waals surface area (Å²) in [6, 6.07) is 19.7. The van der Waals surface area contributed by atoms with Crippen LogP contribution in [0.15, 0.2) is 76.3 Å². The standard InChI is InChI=1S/C23H14FN3O2S/c24-18-9-6-14(7-10-18)12-19-21(28)25-23-27(26-19)22(29)20(30-23)13-15-5-8-16-3-1-2-4-17(16)11-15/h1-11,13H,12H2. The van der Waals surface area contributed by atoms with Gasteiger partial charge >= 0.3 is 0 Å². The molecule has 3 aromatic carbocycles. The SMILES string of the molecule is O=c1nc2sc(=Cc3ccc4ccccc4c3)c(=O)n2nc1Cc1ccc(F)cc1. The van der Waals surface area contributed by atoms with E-state index in [0.717, 1.165) is 32.2 Å². The van der Waals surface area contributed by atoms with Crippen molar-refractivity contribution in [3.05, 3.63) is 115 Å². The van der Waals surface area contributed by atoms with Gasteiger partial charge in [0.1, 0.15) is 11.5 Å². The van der Waals surface area contributed by atoms with Crippen LogP contribution in [0.1, 0.15) is 16.8 Å². The van der Waals surface area contributed by atoms with Crippen LogP contribution in [-0.2, 0) is 6.42 Å². The normalized spacial score (nSPS) is 12.1. The smallest absolute Gasteiger partial charge is 0.266 e. The lowest BCUT2D eigenvalue weighted by molar-refractivity contribution is 0.627. The first-order valence-corrected chi connectivity index (χ1v) is 10.1. The minimum atomic E-state index is -0.488. The zero-order chi connectivity index (χ0) is 20.7. The zero-order valence-corrected chi connectivity index (χ0v) is 16.4. The van der Waals surface area contributed by atoms with E-state index in [2.05, 4.69) is 10.1 Å². The summed E-state index contributed by atoms with van der Waals surface area (Å²) in [6.45, 7) is 0. The monoisotopic (exact) mass is 415 g/mol. The summed E-state index contributed by atoms with van der Waals surface area (Å²) in [5.41, 5.74) is 0.931. The van der Waals surface area contributed by atoms with Crippen molar-refractivity contribution in [1.29, 1.82) is 0 Å². The molecule has 0 N–H and O–H groups in total. The molecule has 0 unspecified atom stereocenters. The molecule has 0 aliphatic heterocycles. The van der Waals surface area contributed by atoms with Crippen molar-refractivity contribution in [3.8, 4) is 0 Å². The number of hydrogen-bond acceptors (Lipinski definition) is 5. The Bertz CT molecular complexity index is 1570. The van der Waals surface area contributed by atoms with Crippen molar-refractivity contribution < 1.29 is 4.39 Å². The molecule has 0 aliphatic rings. The lowest BCUT2D eigenvalue weighted by atomic mass is 10.1. The Balaban J connectivity index is 1.59. The van der Waals surface area contributed by atoms with E-state index < -0.39 is 5.56 Å². The molecule has 2 heterocycles. The predicted molar refractivity (Wildman–Crippen MR) is 115 cm³/mol. The fourth-order valence-corrected chi connectivity index (χ4v) is 4.20. The van der Waals surface area contributed by atoms with E-state index in [1.54, 1.807) is 18.2 Å². The van der Waals surface area contributed by atoms with Gasteiger partial charge in [0.25, 0.3) is 11.1 Å². The van der Waals surface area contributed by atoms with Crippen LogP contribution < -0.4 is 15.7 Å². The quantitative estimate of drug-likeness (QED) is 0.455. The molecule has 2 aromatic heterocycles. The topological polar surface area (TPSA) is 64.3 Å². The van der Waals surface area contributed by atoms with Gasteiger partial charge in [-0.15, -0.1) is 0 Å². The van der Waals surface area contributed by atoms with Crippen LogP contribution in [0.3, 0.4) is 0 Å². The van der Waals surface area contributed by atoms with E-state index in [9.17, 15) is 14.0 Å². The van der Waals surface area contributed by atoms with Crippen molar-refractivity contribution in [2.75, 3.05) is 0 Å². The summed E-state index contributed by atoms with van der Waals surface area (Å²) in [5, 5.41) is 6.42. The highest BCUT2D eigenvalue weighted by Crippen LogP contribution is 2.16. The molecule has 0 fully saturated rings. The molecule has 5 rings (SSSR count). The molecule has 30 heavy (non-hydrogen) atoms. The van der Waals surface area contributed by atoms with E-state index in [-0.39, 0.29) is 28.5 Å². The highest BCUT2D eigenvalue weighted by molar-refractivity contribution is 7.15. The summed E-state index contributed by atoms with van der Waals surface area (Å²) >= 11 is 1.13. The van der Waals surface area contributed by atoms with Gasteiger partial charge in [-0.3, -0.25) is 9.59 Å². The van der Waals surface area contributed by atoms with Gasteiger partial charge in [-0.05, 0) is 46.2 Å². The predicted octanol–water partition coefficient (Wildman–Crippen LogP) is 2.94. The van der Waals surface area contributed by atoms with Gasteiger partial charge in [0, 0.05) is 6.42 Å². The summed E-state index contributed by atoms with van der Waals surface area (Å²) < 4.78 is 14.7. The fourth-order valence-electron chi connectivity index (χ4n) is 3.30. The minimum Gasteiger partial charge on any atom is -0.266 e. The Morgan fingerprint density at radius 3 is 2.53 bits per heavy atom. The van der Waals surface area contributed by atoms with Crippen molar-refractivity contribution >= 4 is 33.1 Å². The van der Waals surface area contributed by atoms with E-state index in [1.165, 1.54) is 12.1 Å². The Morgan fingerprint density at radius 1 is 0.967 bits per heavy atom.